The Kier molecular flexibility index (Phi) is 20.7. The van der Waals surface area contributed by atoms with E-state index in [-0.39, 0.29) is 24.5 Å². The summed E-state index contributed by atoms with van der Waals surface area (Å²) in [5.74, 6) is -0.474. The van der Waals surface area contributed by atoms with Crippen LogP contribution in [0.4, 0.5) is 5.69 Å². The molecule has 0 aliphatic rings. The highest BCUT2D eigenvalue weighted by atomic mass is 35.5. The summed E-state index contributed by atoms with van der Waals surface area (Å²) in [6.45, 7) is 2.76. The summed E-state index contributed by atoms with van der Waals surface area (Å²) in [7, 11) is 0. The quantitative estimate of drug-likeness (QED) is 0.0319. The van der Waals surface area contributed by atoms with Crippen LogP contribution in [0.1, 0.15) is 47.6 Å². The number of carbonyl (C=O) groups is 4. The van der Waals surface area contributed by atoms with Gasteiger partial charge in [0.1, 0.15) is 18.7 Å². The average Bonchev–Trinajstić information content (AvgIpc) is 3.32. The third kappa shape index (κ3) is 15.1. The van der Waals surface area contributed by atoms with Gasteiger partial charge in [0.15, 0.2) is 0 Å². The fourth-order valence-corrected chi connectivity index (χ4v) is 9.80. The SMILES string of the molecule is CCOC(=O)[C@H](CSCc1ccccc1)NC(=O)[C@H](COC(=O)CCCc1ccc(N(CCCl)CCCl)cc1)NC(=O)CSC(c1ccccc1)(c1ccccc1)c1ccccc1. The summed E-state index contributed by atoms with van der Waals surface area (Å²) < 4.78 is 10.2. The number of anilines is 1. The van der Waals surface area contributed by atoms with E-state index in [0.29, 0.717) is 43.4 Å². The van der Waals surface area contributed by atoms with Gasteiger partial charge in [-0.05, 0) is 59.7 Å². The summed E-state index contributed by atoms with van der Waals surface area (Å²) in [4.78, 5) is 56.7. The second kappa shape index (κ2) is 26.6. The molecule has 0 fully saturated rings. The minimum Gasteiger partial charge on any atom is -0.464 e. The Bertz CT molecular complexity index is 2040. The molecule has 0 aliphatic heterocycles. The molecule has 0 spiro atoms. The van der Waals surface area contributed by atoms with Crippen molar-refractivity contribution >= 4 is 76.2 Å². The minimum atomic E-state index is -1.30. The van der Waals surface area contributed by atoms with Crippen LogP contribution in [0.5, 0.6) is 0 Å². The van der Waals surface area contributed by atoms with Crippen LogP contribution in [0, 0.1) is 0 Å². The summed E-state index contributed by atoms with van der Waals surface area (Å²) in [6.07, 6.45) is 1.24. The second-order valence-corrected chi connectivity index (χ2v) is 17.5. The van der Waals surface area contributed by atoms with Gasteiger partial charge in [0, 0.05) is 48.5 Å². The summed E-state index contributed by atoms with van der Waals surface area (Å²) in [6, 6.07) is 45.5. The van der Waals surface area contributed by atoms with Gasteiger partial charge in [-0.1, -0.05) is 133 Å². The third-order valence-corrected chi connectivity index (χ3v) is 13.2. The fraction of sp³-hybridized carbons (Fsp3) is 0.320. The number of nitrogens with zero attached hydrogens (tertiary/aromatic N) is 1. The van der Waals surface area contributed by atoms with Gasteiger partial charge < -0.3 is 25.0 Å². The van der Waals surface area contributed by atoms with Gasteiger partial charge in [0.2, 0.25) is 11.8 Å². The first-order valence-electron chi connectivity index (χ1n) is 21.1. The lowest BCUT2D eigenvalue weighted by Gasteiger charge is -2.35. The van der Waals surface area contributed by atoms with Gasteiger partial charge in [-0.2, -0.15) is 11.8 Å². The Labute approximate surface area is 390 Å². The molecular formula is C50H55Cl2N3O6S2. The zero-order chi connectivity index (χ0) is 44.7. The molecule has 0 aromatic heterocycles. The molecule has 0 saturated heterocycles. The molecule has 9 nitrogen and oxygen atoms in total. The molecule has 332 valence electrons. The lowest BCUT2D eigenvalue weighted by Crippen LogP contribution is -2.55. The van der Waals surface area contributed by atoms with E-state index in [4.69, 9.17) is 32.7 Å². The van der Waals surface area contributed by atoms with Crippen LogP contribution in [-0.4, -0.2) is 85.4 Å². The van der Waals surface area contributed by atoms with Crippen LogP contribution in [0.3, 0.4) is 0 Å². The predicted molar refractivity (Wildman–Crippen MR) is 259 cm³/mol. The monoisotopic (exact) mass is 927 g/mol. The molecule has 5 aromatic rings. The minimum absolute atomic E-state index is 0.0566. The third-order valence-electron chi connectivity index (χ3n) is 10.2. The standard InChI is InChI=1S/C50H55Cl2N3O6S2/c1-2-60-49(59)45(36-62-35-39-16-7-3-8-17-39)54-48(58)44(34-61-47(57)25-15-18-38-26-28-43(29-27-38)55(32-30-51)33-31-52)53-46(56)37-63-50(40-19-9-4-10-20-40,41-21-11-5-12-22-41)42-23-13-6-14-24-42/h3-14,16-17,19-24,26-29,44-45H,2,15,18,25,30-37H2,1H3,(H,53,56)(H,54,58)/t44-,45-/m0/s1. The van der Waals surface area contributed by atoms with Crippen LogP contribution >= 0.6 is 46.7 Å². The number of rotatable bonds is 26. The van der Waals surface area contributed by atoms with E-state index < -0.39 is 47.2 Å². The average molecular weight is 929 g/mol. The number of carbonyl (C=O) groups excluding carboxylic acids is 4. The highest BCUT2D eigenvalue weighted by Crippen LogP contribution is 2.48. The molecule has 5 rings (SSSR count). The molecular weight excluding hydrogens is 874 g/mol. The van der Waals surface area contributed by atoms with Crippen molar-refractivity contribution in [3.8, 4) is 0 Å². The maximum Gasteiger partial charge on any atom is 0.329 e. The van der Waals surface area contributed by atoms with Crippen molar-refractivity contribution in [3.63, 3.8) is 0 Å². The van der Waals surface area contributed by atoms with E-state index in [0.717, 1.165) is 33.5 Å². The van der Waals surface area contributed by atoms with Crippen LogP contribution in [0.25, 0.3) is 0 Å². The molecule has 0 radical (unpaired) electrons. The smallest absolute Gasteiger partial charge is 0.329 e. The van der Waals surface area contributed by atoms with Crippen LogP contribution in [0.15, 0.2) is 146 Å². The van der Waals surface area contributed by atoms with Crippen molar-refractivity contribution in [1.82, 2.24) is 10.6 Å². The molecule has 2 N–H and O–H groups in total. The van der Waals surface area contributed by atoms with Gasteiger partial charge in [0.25, 0.3) is 0 Å². The Hall–Kier alpha value is -4.94. The Balaban J connectivity index is 1.30. The lowest BCUT2D eigenvalue weighted by atomic mass is 9.84. The molecule has 13 heteroatoms. The van der Waals surface area contributed by atoms with Crippen LogP contribution < -0.4 is 15.5 Å². The Morgan fingerprint density at radius 1 is 0.667 bits per heavy atom. The number of ether oxygens (including phenoxy) is 2. The Morgan fingerprint density at radius 3 is 1.73 bits per heavy atom. The largest absolute Gasteiger partial charge is 0.464 e. The topological polar surface area (TPSA) is 114 Å². The number of thioether (sulfide) groups is 2. The molecule has 0 heterocycles. The highest BCUT2D eigenvalue weighted by Gasteiger charge is 2.38. The zero-order valence-corrected chi connectivity index (χ0v) is 38.6. The summed E-state index contributed by atoms with van der Waals surface area (Å²) >= 11 is 14.9. The van der Waals surface area contributed by atoms with Gasteiger partial charge in [-0.15, -0.1) is 35.0 Å². The van der Waals surface area contributed by atoms with Gasteiger partial charge in [-0.25, -0.2) is 4.79 Å². The second-order valence-electron chi connectivity index (χ2n) is 14.6. The predicted octanol–water partition coefficient (Wildman–Crippen LogP) is 9.03. The number of benzene rings is 5. The number of esters is 2. The van der Waals surface area contributed by atoms with Crippen molar-refractivity contribution in [1.29, 1.82) is 0 Å². The number of halogens is 2. The number of hydrogen-bond acceptors (Lipinski definition) is 9. The van der Waals surface area contributed by atoms with E-state index >= 15 is 0 Å². The van der Waals surface area contributed by atoms with E-state index in [1.165, 1.54) is 23.5 Å². The normalized spacial score (nSPS) is 12.1. The first kappa shape index (κ1) is 49.1. The first-order chi connectivity index (χ1) is 30.8. The molecule has 0 bridgehead atoms. The van der Waals surface area contributed by atoms with E-state index in [9.17, 15) is 19.2 Å². The summed E-state index contributed by atoms with van der Waals surface area (Å²) in [5.41, 5.74) is 6.07. The number of aryl methyl sites for hydroxylation is 1. The molecule has 0 aliphatic carbocycles. The van der Waals surface area contributed by atoms with Crippen molar-refractivity contribution in [2.75, 3.05) is 54.5 Å². The maximum atomic E-state index is 14.1. The van der Waals surface area contributed by atoms with E-state index in [2.05, 4.69) is 15.5 Å². The van der Waals surface area contributed by atoms with E-state index in [1.54, 1.807) is 6.92 Å². The summed E-state index contributed by atoms with van der Waals surface area (Å²) in [5, 5.41) is 5.64. The lowest BCUT2D eigenvalue weighted by molar-refractivity contribution is -0.149. The number of nitrogens with one attached hydrogen (secondary N) is 2. The zero-order valence-electron chi connectivity index (χ0n) is 35.5. The molecule has 0 saturated carbocycles. The molecule has 2 atom stereocenters. The van der Waals surface area contributed by atoms with Gasteiger partial charge >= 0.3 is 11.9 Å². The molecule has 2 amide bonds. The number of amides is 2. The molecule has 0 unspecified atom stereocenters. The number of hydrogen-bond donors (Lipinski definition) is 2. The molecule has 5 aromatic carbocycles. The highest BCUT2D eigenvalue weighted by molar-refractivity contribution is 8.01. The van der Waals surface area contributed by atoms with Crippen molar-refractivity contribution in [3.05, 3.63) is 173 Å². The van der Waals surface area contributed by atoms with Crippen molar-refractivity contribution in [2.24, 2.45) is 0 Å². The Morgan fingerprint density at radius 2 is 1.21 bits per heavy atom. The number of alkyl halides is 2. The molecule has 63 heavy (non-hydrogen) atoms. The van der Waals surface area contributed by atoms with Crippen LogP contribution in [-0.2, 0) is 45.6 Å². The van der Waals surface area contributed by atoms with Crippen molar-refractivity contribution in [2.45, 2.75) is 48.8 Å². The van der Waals surface area contributed by atoms with E-state index in [1.807, 2.05) is 146 Å². The fourth-order valence-electron chi connectivity index (χ4n) is 7.05. The maximum absolute atomic E-state index is 14.1. The van der Waals surface area contributed by atoms with Crippen LogP contribution in [0.2, 0.25) is 0 Å². The van der Waals surface area contributed by atoms with Gasteiger partial charge in [-0.3, -0.25) is 14.4 Å². The first-order valence-corrected chi connectivity index (χ1v) is 24.3. The van der Waals surface area contributed by atoms with Gasteiger partial charge in [0.05, 0.1) is 17.1 Å². The van der Waals surface area contributed by atoms with Crippen molar-refractivity contribution < 1.29 is 28.7 Å².